The van der Waals surface area contributed by atoms with Gasteiger partial charge in [0.2, 0.25) is 0 Å². The average molecular weight is 329 g/mol. The molecule has 5 heteroatoms. The van der Waals surface area contributed by atoms with Gasteiger partial charge in [0.15, 0.2) is 0 Å². The SMILES string of the molecule is CCOc1cc(-c2ccc(F)cc2)nc(-c2ccc(F)cc2F)c1. The average Bonchev–Trinajstić information content (AvgIpc) is 2.55. The molecule has 3 aromatic rings. The zero-order chi connectivity index (χ0) is 17.1. The molecule has 0 spiro atoms. The second-order valence-corrected chi connectivity index (χ2v) is 5.14. The summed E-state index contributed by atoms with van der Waals surface area (Å²) in [5.74, 6) is -1.22. The number of hydrogen-bond acceptors (Lipinski definition) is 2. The van der Waals surface area contributed by atoms with Gasteiger partial charge in [-0.2, -0.15) is 0 Å². The molecular weight excluding hydrogens is 315 g/mol. The van der Waals surface area contributed by atoms with Crippen LogP contribution < -0.4 is 4.74 Å². The lowest BCUT2D eigenvalue weighted by atomic mass is 10.1. The third-order valence-electron chi connectivity index (χ3n) is 3.46. The molecule has 0 aliphatic heterocycles. The Morgan fingerprint density at radius 2 is 1.50 bits per heavy atom. The van der Waals surface area contributed by atoms with Gasteiger partial charge in [-0.1, -0.05) is 0 Å². The molecule has 122 valence electrons. The molecule has 0 saturated carbocycles. The number of pyridine rings is 1. The van der Waals surface area contributed by atoms with Crippen molar-refractivity contribution in [3.05, 3.63) is 72.0 Å². The molecule has 0 amide bonds. The molecule has 0 fully saturated rings. The second-order valence-electron chi connectivity index (χ2n) is 5.14. The summed E-state index contributed by atoms with van der Waals surface area (Å²) in [6, 6.07) is 12.4. The Morgan fingerprint density at radius 1 is 0.833 bits per heavy atom. The van der Waals surface area contributed by atoms with Gasteiger partial charge in [-0.3, -0.25) is 0 Å². The standard InChI is InChI=1S/C19H14F3NO/c1-2-24-15-10-18(12-3-5-13(20)6-4-12)23-19(11-15)16-8-7-14(21)9-17(16)22/h3-11H,2H2,1H3. The van der Waals surface area contributed by atoms with Crippen molar-refractivity contribution < 1.29 is 17.9 Å². The monoisotopic (exact) mass is 329 g/mol. The van der Waals surface area contributed by atoms with Crippen molar-refractivity contribution in [1.82, 2.24) is 4.98 Å². The second kappa shape index (κ2) is 6.74. The van der Waals surface area contributed by atoms with Crippen molar-refractivity contribution in [2.75, 3.05) is 6.61 Å². The van der Waals surface area contributed by atoms with Crippen LogP contribution in [0.4, 0.5) is 13.2 Å². The number of ether oxygens (including phenoxy) is 1. The Kier molecular flexibility index (Phi) is 4.51. The molecule has 0 atom stereocenters. The van der Waals surface area contributed by atoms with Gasteiger partial charge >= 0.3 is 0 Å². The molecule has 0 unspecified atom stereocenters. The maximum Gasteiger partial charge on any atom is 0.135 e. The van der Waals surface area contributed by atoms with Crippen LogP contribution in [0.25, 0.3) is 22.5 Å². The fourth-order valence-corrected chi connectivity index (χ4v) is 2.36. The Labute approximate surface area is 137 Å². The largest absolute Gasteiger partial charge is 0.494 e. The lowest BCUT2D eigenvalue weighted by molar-refractivity contribution is 0.340. The summed E-state index contributed by atoms with van der Waals surface area (Å²) in [6.07, 6.45) is 0. The van der Waals surface area contributed by atoms with Crippen molar-refractivity contribution in [3.8, 4) is 28.3 Å². The fourth-order valence-electron chi connectivity index (χ4n) is 2.36. The highest BCUT2D eigenvalue weighted by atomic mass is 19.1. The number of rotatable bonds is 4. The first-order valence-electron chi connectivity index (χ1n) is 7.43. The van der Waals surface area contributed by atoms with Crippen molar-refractivity contribution in [3.63, 3.8) is 0 Å². The number of aromatic nitrogens is 1. The molecule has 24 heavy (non-hydrogen) atoms. The van der Waals surface area contributed by atoms with Crippen LogP contribution in [0.3, 0.4) is 0 Å². The Morgan fingerprint density at radius 3 is 2.17 bits per heavy atom. The Hall–Kier alpha value is -2.82. The maximum atomic E-state index is 14.1. The van der Waals surface area contributed by atoms with Crippen LogP contribution in [0.2, 0.25) is 0 Å². The van der Waals surface area contributed by atoms with Crippen molar-refractivity contribution >= 4 is 0 Å². The molecule has 2 aromatic carbocycles. The van der Waals surface area contributed by atoms with E-state index in [2.05, 4.69) is 4.98 Å². The molecule has 2 nitrogen and oxygen atoms in total. The molecular formula is C19H14F3NO. The van der Waals surface area contributed by atoms with Gasteiger partial charge in [0.25, 0.3) is 0 Å². The zero-order valence-corrected chi connectivity index (χ0v) is 12.9. The maximum absolute atomic E-state index is 14.1. The van der Waals surface area contributed by atoms with E-state index in [4.69, 9.17) is 4.74 Å². The van der Waals surface area contributed by atoms with E-state index in [1.165, 1.54) is 24.3 Å². The Balaban J connectivity index is 2.13. The van der Waals surface area contributed by atoms with Crippen LogP contribution in [0.1, 0.15) is 6.92 Å². The van der Waals surface area contributed by atoms with Crippen LogP contribution in [0.5, 0.6) is 5.75 Å². The first-order valence-corrected chi connectivity index (χ1v) is 7.43. The molecule has 1 aromatic heterocycles. The van der Waals surface area contributed by atoms with E-state index in [0.29, 0.717) is 29.3 Å². The van der Waals surface area contributed by atoms with Gasteiger partial charge in [-0.25, -0.2) is 18.2 Å². The van der Waals surface area contributed by atoms with E-state index >= 15 is 0 Å². The van der Waals surface area contributed by atoms with Gasteiger partial charge in [0.1, 0.15) is 23.2 Å². The number of hydrogen-bond donors (Lipinski definition) is 0. The summed E-state index contributed by atoms with van der Waals surface area (Å²) in [5, 5.41) is 0. The van der Waals surface area contributed by atoms with Gasteiger partial charge in [-0.05, 0) is 43.3 Å². The lowest BCUT2D eigenvalue weighted by Gasteiger charge is -2.11. The minimum Gasteiger partial charge on any atom is -0.494 e. The topological polar surface area (TPSA) is 22.1 Å². The first-order chi connectivity index (χ1) is 11.6. The lowest BCUT2D eigenvalue weighted by Crippen LogP contribution is -1.97. The molecule has 0 saturated heterocycles. The third kappa shape index (κ3) is 3.40. The highest BCUT2D eigenvalue weighted by molar-refractivity contribution is 5.69. The molecule has 0 aliphatic carbocycles. The summed E-state index contributed by atoms with van der Waals surface area (Å²) < 4.78 is 45.8. The van der Waals surface area contributed by atoms with E-state index in [1.54, 1.807) is 24.3 Å². The number of halogens is 3. The molecule has 0 N–H and O–H groups in total. The van der Waals surface area contributed by atoms with Crippen LogP contribution in [0.15, 0.2) is 54.6 Å². The van der Waals surface area contributed by atoms with E-state index in [1.807, 2.05) is 6.92 Å². The summed E-state index contributed by atoms with van der Waals surface area (Å²) in [6.45, 7) is 2.26. The highest BCUT2D eigenvalue weighted by Gasteiger charge is 2.12. The van der Waals surface area contributed by atoms with E-state index in [9.17, 15) is 13.2 Å². The highest BCUT2D eigenvalue weighted by Crippen LogP contribution is 2.30. The quantitative estimate of drug-likeness (QED) is 0.654. The summed E-state index contributed by atoms with van der Waals surface area (Å²) in [4.78, 5) is 4.41. The van der Waals surface area contributed by atoms with E-state index < -0.39 is 11.6 Å². The van der Waals surface area contributed by atoms with Crippen molar-refractivity contribution in [2.24, 2.45) is 0 Å². The normalized spacial score (nSPS) is 10.7. The first kappa shape index (κ1) is 16.1. The molecule has 0 radical (unpaired) electrons. The van der Waals surface area contributed by atoms with E-state index in [0.717, 1.165) is 6.07 Å². The fraction of sp³-hybridized carbons (Fsp3) is 0.105. The molecule has 1 heterocycles. The molecule has 0 aliphatic rings. The van der Waals surface area contributed by atoms with Gasteiger partial charge in [0, 0.05) is 29.3 Å². The van der Waals surface area contributed by atoms with Crippen molar-refractivity contribution in [2.45, 2.75) is 6.92 Å². The third-order valence-corrected chi connectivity index (χ3v) is 3.46. The molecule has 3 rings (SSSR count). The zero-order valence-electron chi connectivity index (χ0n) is 12.9. The van der Waals surface area contributed by atoms with Crippen LogP contribution in [-0.2, 0) is 0 Å². The van der Waals surface area contributed by atoms with Gasteiger partial charge < -0.3 is 4.74 Å². The predicted octanol–water partition coefficient (Wildman–Crippen LogP) is 5.23. The Bertz CT molecular complexity index is 863. The van der Waals surface area contributed by atoms with Crippen LogP contribution in [-0.4, -0.2) is 11.6 Å². The number of nitrogens with zero attached hydrogens (tertiary/aromatic N) is 1. The van der Waals surface area contributed by atoms with Crippen LogP contribution >= 0.6 is 0 Å². The predicted molar refractivity (Wildman–Crippen MR) is 86.2 cm³/mol. The van der Waals surface area contributed by atoms with Gasteiger partial charge in [0.05, 0.1) is 18.0 Å². The van der Waals surface area contributed by atoms with Gasteiger partial charge in [-0.15, -0.1) is 0 Å². The molecule has 0 bridgehead atoms. The van der Waals surface area contributed by atoms with Crippen molar-refractivity contribution in [1.29, 1.82) is 0 Å². The summed E-state index contributed by atoms with van der Waals surface area (Å²) in [5.41, 5.74) is 1.67. The number of benzene rings is 2. The summed E-state index contributed by atoms with van der Waals surface area (Å²) in [7, 11) is 0. The van der Waals surface area contributed by atoms with E-state index in [-0.39, 0.29) is 11.4 Å². The summed E-state index contributed by atoms with van der Waals surface area (Å²) >= 11 is 0. The minimum atomic E-state index is -0.707. The minimum absolute atomic E-state index is 0.168. The smallest absolute Gasteiger partial charge is 0.135 e. The van der Waals surface area contributed by atoms with Crippen LogP contribution in [0, 0.1) is 17.5 Å².